The zero-order valence-corrected chi connectivity index (χ0v) is 54.0. The van der Waals surface area contributed by atoms with Crippen molar-refractivity contribution in [2.24, 2.45) is 41.1 Å². The number of likely N-dealkylation sites (N-methyl/N-ethyl adjacent to an activating group) is 3. The lowest BCUT2D eigenvalue weighted by molar-refractivity contribution is -0.143. The lowest BCUT2D eigenvalue weighted by Gasteiger charge is -2.31. The Morgan fingerprint density at radius 1 is 0.562 bits per heavy atom. The Balaban J connectivity index is 1.85. The summed E-state index contributed by atoms with van der Waals surface area (Å²) in [7, 11) is 4.23. The van der Waals surface area contributed by atoms with Crippen LogP contribution in [0.1, 0.15) is 123 Å². The summed E-state index contributed by atoms with van der Waals surface area (Å²) in [6.45, 7) is 10.7. The molecule has 0 aromatic heterocycles. The molecule has 0 aliphatic heterocycles. The van der Waals surface area contributed by atoms with Crippen LogP contribution in [-0.2, 0) is 76.1 Å². The molecule has 89 heavy (non-hydrogen) atoms. The lowest BCUT2D eigenvalue weighted by atomic mass is 9.87. The second-order valence-corrected chi connectivity index (χ2v) is 24.9. The van der Waals surface area contributed by atoms with E-state index in [4.69, 9.17) is 11.5 Å². The van der Waals surface area contributed by atoms with Crippen molar-refractivity contribution in [2.75, 3.05) is 34.3 Å². The zero-order valence-electron chi connectivity index (χ0n) is 53.2. The van der Waals surface area contributed by atoms with Crippen LogP contribution >= 0.6 is 11.8 Å². The number of thioether (sulfide) groups is 1. The number of nitrogens with two attached hydrogens (primary N) is 2. The number of Topliss-reactive ketones (excluding diaryl/α,β-unsaturated/α-hetero) is 4. The number of primary amides is 1. The van der Waals surface area contributed by atoms with Crippen molar-refractivity contribution in [2.45, 2.75) is 167 Å². The van der Waals surface area contributed by atoms with Crippen LogP contribution in [0.2, 0.25) is 0 Å². The van der Waals surface area contributed by atoms with E-state index < -0.39 is 149 Å². The molecule has 0 aliphatic carbocycles. The molecule has 0 spiro atoms. The van der Waals surface area contributed by atoms with Gasteiger partial charge in [0, 0.05) is 89.6 Å². The maximum Gasteiger partial charge on any atom is 0.246 e. The maximum absolute atomic E-state index is 14.7. The van der Waals surface area contributed by atoms with Crippen LogP contribution in [0.15, 0.2) is 91.0 Å². The summed E-state index contributed by atoms with van der Waals surface area (Å²) in [5, 5.41) is 28.1. The standard InChI is InChI=1S/C66H94N8O14S/c1-40(2)30-52(73(9)59(82)29-27-55(78)53(34-46-22-16-12-17-23-46)74(10)65(87)43(6)31-49(76)37-67)56(79)32-42(5)62(84)71-61(41(3)4)57(80)35-48(33-45-20-14-11-15-21-45)64(86)69-50(36-60(83)89-39-47-24-18-13-19-25-47)66(88)72(8)44(7)63(85)70-51(38-75)54(77)26-28-58(68)81/h11-25,40-44,48,50-54,61,75,77H,26-39,67H2,1-10H3,(H2,68,81)(H,69,86)(H,70,85)(H,71,84)/t42-,43-,44+,48-,50+,51+,52+,53+,54?,61+/m1/s1. The average molecular weight is 1260 g/mol. The molecule has 23 heteroatoms. The van der Waals surface area contributed by atoms with Crippen LogP contribution < -0.4 is 27.4 Å². The topological polar surface area (TPSA) is 343 Å². The molecule has 0 heterocycles. The summed E-state index contributed by atoms with van der Waals surface area (Å²) in [6.07, 6.45) is -3.36. The lowest BCUT2D eigenvalue weighted by Crippen LogP contribution is -2.57. The van der Waals surface area contributed by atoms with E-state index in [2.05, 4.69) is 16.0 Å². The first-order valence-electron chi connectivity index (χ1n) is 30.3. The minimum Gasteiger partial charge on any atom is -0.394 e. The fraction of sp³-hybridized carbons (Fsp3) is 0.545. The number of aliphatic hydroxyl groups is 2. The molecule has 9 N–H and O–H groups in total. The first-order chi connectivity index (χ1) is 42.0. The van der Waals surface area contributed by atoms with Crippen molar-refractivity contribution >= 4 is 81.4 Å². The van der Waals surface area contributed by atoms with Gasteiger partial charge in [-0.05, 0) is 61.1 Å². The molecule has 488 valence electrons. The number of amides is 7. The molecule has 3 aromatic rings. The van der Waals surface area contributed by atoms with Crippen molar-refractivity contribution < 1.29 is 67.7 Å². The maximum atomic E-state index is 14.7. The summed E-state index contributed by atoms with van der Waals surface area (Å²) in [5.41, 5.74) is 12.9. The molecule has 0 saturated carbocycles. The van der Waals surface area contributed by atoms with Gasteiger partial charge in [-0.2, -0.15) is 0 Å². The summed E-state index contributed by atoms with van der Waals surface area (Å²) in [5.74, 6) is -9.73. The number of nitrogens with one attached hydrogen (secondary N) is 3. The number of benzene rings is 3. The van der Waals surface area contributed by atoms with Gasteiger partial charge in [0.25, 0.3) is 0 Å². The molecule has 3 aromatic carbocycles. The minimum atomic E-state index is -1.56. The second kappa shape index (κ2) is 38.2. The van der Waals surface area contributed by atoms with Crippen molar-refractivity contribution in [3.63, 3.8) is 0 Å². The highest BCUT2D eigenvalue weighted by Crippen LogP contribution is 2.24. The molecule has 3 rings (SSSR count). The molecular weight excluding hydrogens is 1160 g/mol. The van der Waals surface area contributed by atoms with E-state index in [9.17, 15) is 67.7 Å². The van der Waals surface area contributed by atoms with Gasteiger partial charge in [-0.1, -0.05) is 144 Å². The van der Waals surface area contributed by atoms with E-state index in [1.54, 1.807) is 75.4 Å². The Labute approximate surface area is 527 Å². The third kappa shape index (κ3) is 25.5. The predicted molar refractivity (Wildman–Crippen MR) is 339 cm³/mol. The molecule has 10 atom stereocenters. The normalized spacial score (nSPS) is 14.7. The molecule has 0 bridgehead atoms. The Morgan fingerprint density at radius 3 is 1.65 bits per heavy atom. The van der Waals surface area contributed by atoms with Gasteiger partial charge < -0.3 is 52.3 Å². The smallest absolute Gasteiger partial charge is 0.246 e. The number of carbonyl (C=O) groups excluding carboxylic acids is 12. The third-order valence-electron chi connectivity index (χ3n) is 15.8. The highest BCUT2D eigenvalue weighted by Gasteiger charge is 2.38. The number of carbonyl (C=O) groups is 12. The van der Waals surface area contributed by atoms with Crippen molar-refractivity contribution in [3.8, 4) is 0 Å². The van der Waals surface area contributed by atoms with Gasteiger partial charge in [-0.25, -0.2) is 0 Å². The Morgan fingerprint density at radius 2 is 1.12 bits per heavy atom. The van der Waals surface area contributed by atoms with Crippen molar-refractivity contribution in [3.05, 3.63) is 108 Å². The van der Waals surface area contributed by atoms with Crippen molar-refractivity contribution in [1.29, 1.82) is 0 Å². The van der Waals surface area contributed by atoms with E-state index in [0.717, 1.165) is 27.8 Å². The summed E-state index contributed by atoms with van der Waals surface area (Å²) in [4.78, 5) is 168. The van der Waals surface area contributed by atoms with E-state index in [0.29, 0.717) is 5.56 Å². The van der Waals surface area contributed by atoms with Gasteiger partial charge in [-0.15, -0.1) is 0 Å². The fourth-order valence-electron chi connectivity index (χ4n) is 10.1. The largest absolute Gasteiger partial charge is 0.394 e. The number of rotatable bonds is 40. The first kappa shape index (κ1) is 75.8. The molecule has 1 unspecified atom stereocenters. The Hall–Kier alpha value is -7.47. The van der Waals surface area contributed by atoms with E-state index in [-0.39, 0.29) is 81.8 Å². The monoisotopic (exact) mass is 1250 g/mol. The number of hydrogen-bond acceptors (Lipinski definition) is 16. The SMILES string of the molecule is CC(C)C[C@@H](C(=O)C[C@@H](C)C(=O)N[C@H](C(=O)C[C@@H](Cc1ccccc1)C(=O)N[C@@H](CC(=O)SCc1ccccc1)C(=O)N(C)[C@@H](C)C(=O)N[C@@H](CO)C(O)CCC(N)=O)C(C)C)N(C)C(=O)CCC(=O)[C@H](Cc1ccccc1)N(C)C(=O)[C@H](C)CC(=O)CN. The molecule has 0 aliphatic rings. The third-order valence-corrected chi connectivity index (χ3v) is 16.7. The van der Waals surface area contributed by atoms with Crippen LogP contribution in [0.3, 0.4) is 0 Å². The minimum absolute atomic E-state index is 0.0182. The Bertz CT molecular complexity index is 2860. The summed E-state index contributed by atoms with van der Waals surface area (Å²) in [6, 6.07) is 19.6. The van der Waals surface area contributed by atoms with Gasteiger partial charge in [0.05, 0.1) is 43.4 Å². The van der Waals surface area contributed by atoms with Gasteiger partial charge in [0.15, 0.2) is 22.5 Å². The van der Waals surface area contributed by atoms with Crippen LogP contribution in [0, 0.1) is 29.6 Å². The first-order valence-corrected chi connectivity index (χ1v) is 31.3. The zero-order chi connectivity index (χ0) is 66.7. The molecule has 22 nitrogen and oxygen atoms in total. The van der Waals surface area contributed by atoms with Crippen LogP contribution in [-0.4, -0.2) is 171 Å². The van der Waals surface area contributed by atoms with Crippen LogP contribution in [0.4, 0.5) is 0 Å². The number of hydrogen-bond donors (Lipinski definition) is 7. The Kier molecular flexibility index (Phi) is 32.5. The average Bonchev–Trinajstić information content (AvgIpc) is 3.66. The van der Waals surface area contributed by atoms with E-state index in [1.807, 2.05) is 50.2 Å². The van der Waals surface area contributed by atoms with Crippen LogP contribution in [0.5, 0.6) is 0 Å². The van der Waals surface area contributed by atoms with Crippen molar-refractivity contribution in [1.82, 2.24) is 30.7 Å². The molecule has 0 saturated heterocycles. The van der Waals surface area contributed by atoms with Gasteiger partial charge in [-0.3, -0.25) is 57.5 Å². The second-order valence-electron chi connectivity index (χ2n) is 23.9. The van der Waals surface area contributed by atoms with Gasteiger partial charge in [0.2, 0.25) is 41.4 Å². The molecule has 0 fully saturated rings. The number of ketones is 4. The number of aliphatic hydroxyl groups excluding tert-OH is 2. The van der Waals surface area contributed by atoms with E-state index in [1.165, 1.54) is 44.8 Å². The number of nitrogens with zero attached hydrogens (tertiary/aromatic N) is 3. The quantitative estimate of drug-likeness (QED) is 0.0427. The highest BCUT2D eigenvalue weighted by atomic mass is 32.2. The fourth-order valence-corrected chi connectivity index (χ4v) is 10.9. The molecular formula is C66H94N8O14S. The molecule has 0 radical (unpaired) electrons. The van der Waals surface area contributed by atoms with Crippen LogP contribution in [0.25, 0.3) is 0 Å². The molecule has 7 amide bonds. The van der Waals surface area contributed by atoms with Gasteiger partial charge in [0.1, 0.15) is 17.9 Å². The van der Waals surface area contributed by atoms with Gasteiger partial charge >= 0.3 is 0 Å². The summed E-state index contributed by atoms with van der Waals surface area (Å²) < 4.78 is 0. The highest BCUT2D eigenvalue weighted by molar-refractivity contribution is 8.12. The van der Waals surface area contributed by atoms with E-state index >= 15 is 0 Å². The summed E-state index contributed by atoms with van der Waals surface area (Å²) >= 11 is 0.912. The predicted octanol–water partition coefficient (Wildman–Crippen LogP) is 3.67.